The molecule has 3 rings (SSSR count). The zero-order valence-electron chi connectivity index (χ0n) is 18.8. The van der Waals surface area contributed by atoms with Gasteiger partial charge < -0.3 is 19.4 Å². The van der Waals surface area contributed by atoms with Gasteiger partial charge >= 0.3 is 0 Å². The molecule has 0 unspecified atom stereocenters. The predicted octanol–water partition coefficient (Wildman–Crippen LogP) is 5.27. The van der Waals surface area contributed by atoms with Crippen LogP contribution in [0.4, 0.5) is 5.69 Å². The van der Waals surface area contributed by atoms with Crippen LogP contribution in [0.15, 0.2) is 53.7 Å². The van der Waals surface area contributed by atoms with Crippen molar-refractivity contribution in [1.29, 1.82) is 0 Å². The average molecular weight is 455 g/mol. The molecule has 7 nitrogen and oxygen atoms in total. The third kappa shape index (κ3) is 6.26. The molecule has 0 aliphatic carbocycles. The van der Waals surface area contributed by atoms with Crippen LogP contribution >= 0.6 is 11.8 Å². The lowest BCUT2D eigenvalue weighted by Gasteiger charge is -2.11. The second kappa shape index (κ2) is 12.1. The van der Waals surface area contributed by atoms with Crippen molar-refractivity contribution in [3.8, 4) is 22.9 Å². The molecular weight excluding hydrogens is 424 g/mol. The highest BCUT2D eigenvalue weighted by Crippen LogP contribution is 2.27. The monoisotopic (exact) mass is 454 g/mol. The zero-order valence-corrected chi connectivity index (χ0v) is 19.7. The Morgan fingerprint density at radius 2 is 1.81 bits per heavy atom. The van der Waals surface area contributed by atoms with Gasteiger partial charge in [0.15, 0.2) is 11.0 Å². The largest absolute Gasteiger partial charge is 0.494 e. The van der Waals surface area contributed by atoms with E-state index in [2.05, 4.69) is 22.4 Å². The molecule has 0 spiro atoms. The second-order valence-corrected chi connectivity index (χ2v) is 7.99. The number of carbonyl (C=O) groups excluding carboxylic acids is 1. The van der Waals surface area contributed by atoms with Crippen LogP contribution in [0.2, 0.25) is 0 Å². The topological polar surface area (TPSA) is 78.3 Å². The third-order valence-electron chi connectivity index (χ3n) is 4.71. The summed E-state index contributed by atoms with van der Waals surface area (Å²) >= 11 is 1.36. The molecule has 1 amide bonds. The molecule has 0 bridgehead atoms. The first-order valence-corrected chi connectivity index (χ1v) is 12.0. The number of thioether (sulfide) groups is 1. The number of hydrogen-bond acceptors (Lipinski definition) is 6. The first-order chi connectivity index (χ1) is 15.7. The number of nitrogens with one attached hydrogen (secondary N) is 1. The quantitative estimate of drug-likeness (QED) is 0.297. The van der Waals surface area contributed by atoms with E-state index < -0.39 is 0 Å². The van der Waals surface area contributed by atoms with Crippen LogP contribution in [-0.2, 0) is 11.3 Å². The standard InChI is InChI=1S/C24H30N4O3S/c1-4-7-16-31-19-14-12-18(13-15-19)23-26-27-24(28(23)5-2)32-17-22(29)25-20-10-8-9-11-21(20)30-6-3/h8-15H,4-7,16-17H2,1-3H3,(H,25,29). The van der Waals surface area contributed by atoms with Crippen LogP contribution in [0.1, 0.15) is 33.6 Å². The summed E-state index contributed by atoms with van der Waals surface area (Å²) in [7, 11) is 0. The molecule has 0 fully saturated rings. The Balaban J connectivity index is 1.63. The molecule has 0 aliphatic heterocycles. The highest BCUT2D eigenvalue weighted by Gasteiger charge is 2.15. The first-order valence-electron chi connectivity index (χ1n) is 11.0. The van der Waals surface area contributed by atoms with Crippen molar-refractivity contribution in [1.82, 2.24) is 14.8 Å². The summed E-state index contributed by atoms with van der Waals surface area (Å²) < 4.78 is 13.3. The van der Waals surface area contributed by atoms with Gasteiger partial charge in [-0.3, -0.25) is 4.79 Å². The summed E-state index contributed by atoms with van der Waals surface area (Å²) in [5, 5.41) is 12.3. The molecule has 170 valence electrons. The number of rotatable bonds is 12. The number of amides is 1. The normalized spacial score (nSPS) is 10.7. The lowest BCUT2D eigenvalue weighted by Crippen LogP contribution is -2.15. The molecule has 1 heterocycles. The predicted molar refractivity (Wildman–Crippen MR) is 128 cm³/mol. The van der Waals surface area contributed by atoms with Crippen LogP contribution in [-0.4, -0.2) is 39.6 Å². The van der Waals surface area contributed by atoms with E-state index in [-0.39, 0.29) is 11.7 Å². The number of para-hydroxylation sites is 2. The maximum Gasteiger partial charge on any atom is 0.234 e. The Morgan fingerprint density at radius 1 is 1.03 bits per heavy atom. The van der Waals surface area contributed by atoms with Crippen molar-refractivity contribution >= 4 is 23.4 Å². The van der Waals surface area contributed by atoms with Crippen LogP contribution < -0.4 is 14.8 Å². The fourth-order valence-electron chi connectivity index (χ4n) is 3.10. The van der Waals surface area contributed by atoms with E-state index in [1.807, 2.05) is 66.9 Å². The number of anilines is 1. The van der Waals surface area contributed by atoms with Gasteiger partial charge in [0.25, 0.3) is 0 Å². The highest BCUT2D eigenvalue weighted by molar-refractivity contribution is 7.99. The third-order valence-corrected chi connectivity index (χ3v) is 5.67. The molecule has 2 aromatic carbocycles. The van der Waals surface area contributed by atoms with Crippen LogP contribution in [0.5, 0.6) is 11.5 Å². The maximum atomic E-state index is 12.5. The van der Waals surface area contributed by atoms with Crippen molar-refractivity contribution in [2.24, 2.45) is 0 Å². The lowest BCUT2D eigenvalue weighted by atomic mass is 10.2. The SMILES string of the molecule is CCCCOc1ccc(-c2nnc(SCC(=O)Nc3ccccc3OCC)n2CC)cc1. The van der Waals surface area contributed by atoms with Crippen molar-refractivity contribution < 1.29 is 14.3 Å². The van der Waals surface area contributed by atoms with E-state index in [1.54, 1.807) is 0 Å². The maximum absolute atomic E-state index is 12.5. The highest BCUT2D eigenvalue weighted by atomic mass is 32.2. The molecule has 1 aromatic heterocycles. The van der Waals surface area contributed by atoms with E-state index in [1.165, 1.54) is 11.8 Å². The lowest BCUT2D eigenvalue weighted by molar-refractivity contribution is -0.113. The van der Waals surface area contributed by atoms with Crippen LogP contribution in [0.3, 0.4) is 0 Å². The number of aromatic nitrogens is 3. The average Bonchev–Trinajstić information content (AvgIpc) is 3.23. The minimum atomic E-state index is -0.122. The minimum absolute atomic E-state index is 0.122. The van der Waals surface area contributed by atoms with Gasteiger partial charge in [0.05, 0.1) is 24.7 Å². The molecule has 32 heavy (non-hydrogen) atoms. The summed E-state index contributed by atoms with van der Waals surface area (Å²) in [5.74, 6) is 2.39. The second-order valence-electron chi connectivity index (χ2n) is 7.04. The van der Waals surface area contributed by atoms with Crippen molar-refractivity contribution in [3.05, 3.63) is 48.5 Å². The van der Waals surface area contributed by atoms with Gasteiger partial charge in [-0.05, 0) is 56.7 Å². The Morgan fingerprint density at radius 3 is 2.53 bits per heavy atom. The molecule has 0 saturated carbocycles. The van der Waals surface area contributed by atoms with Gasteiger partial charge in [0.2, 0.25) is 5.91 Å². The van der Waals surface area contributed by atoms with Crippen molar-refractivity contribution in [2.45, 2.75) is 45.3 Å². The summed E-state index contributed by atoms with van der Waals surface area (Å²) in [5.41, 5.74) is 1.63. The van der Waals surface area contributed by atoms with E-state index in [0.29, 0.717) is 29.7 Å². The summed E-state index contributed by atoms with van der Waals surface area (Å²) in [6, 6.07) is 15.3. The Kier molecular flexibility index (Phi) is 8.98. The number of carbonyl (C=O) groups is 1. The van der Waals surface area contributed by atoms with Gasteiger partial charge in [0, 0.05) is 12.1 Å². The van der Waals surface area contributed by atoms with Crippen molar-refractivity contribution in [3.63, 3.8) is 0 Å². The van der Waals surface area contributed by atoms with Crippen molar-refractivity contribution in [2.75, 3.05) is 24.3 Å². The van der Waals surface area contributed by atoms with E-state index >= 15 is 0 Å². The molecule has 0 saturated heterocycles. The Hall–Kier alpha value is -3.00. The summed E-state index contributed by atoms with van der Waals surface area (Å²) in [4.78, 5) is 12.5. The molecule has 3 aromatic rings. The number of hydrogen-bond donors (Lipinski definition) is 1. The minimum Gasteiger partial charge on any atom is -0.494 e. The van der Waals surface area contributed by atoms with Gasteiger partial charge in [0.1, 0.15) is 11.5 Å². The molecule has 1 N–H and O–H groups in total. The van der Waals surface area contributed by atoms with Crippen LogP contribution in [0.25, 0.3) is 11.4 Å². The number of nitrogens with zero attached hydrogens (tertiary/aromatic N) is 3. The molecule has 0 atom stereocenters. The van der Waals surface area contributed by atoms with E-state index in [0.717, 1.165) is 36.6 Å². The van der Waals surface area contributed by atoms with Crippen LogP contribution in [0, 0.1) is 0 Å². The van der Waals surface area contributed by atoms with Gasteiger partial charge in [-0.1, -0.05) is 37.2 Å². The smallest absolute Gasteiger partial charge is 0.234 e. The molecule has 8 heteroatoms. The van der Waals surface area contributed by atoms with E-state index in [4.69, 9.17) is 9.47 Å². The van der Waals surface area contributed by atoms with E-state index in [9.17, 15) is 4.79 Å². The Bertz CT molecular complexity index is 1000. The Labute approximate surface area is 193 Å². The molecular formula is C24H30N4O3S. The molecule has 0 radical (unpaired) electrons. The van der Waals surface area contributed by atoms with Gasteiger partial charge in [-0.15, -0.1) is 10.2 Å². The fraction of sp³-hybridized carbons (Fsp3) is 0.375. The van der Waals surface area contributed by atoms with Gasteiger partial charge in [-0.25, -0.2) is 0 Å². The summed E-state index contributed by atoms with van der Waals surface area (Å²) in [6.45, 7) is 8.06. The number of benzene rings is 2. The zero-order chi connectivity index (χ0) is 22.8. The number of ether oxygens (including phenoxy) is 2. The first kappa shape index (κ1) is 23.7. The fourth-order valence-corrected chi connectivity index (χ4v) is 3.90. The number of unbranched alkanes of at least 4 members (excludes halogenated alkanes) is 1. The summed E-state index contributed by atoms with van der Waals surface area (Å²) in [6.07, 6.45) is 2.15. The van der Waals surface area contributed by atoms with Gasteiger partial charge in [-0.2, -0.15) is 0 Å². The molecule has 0 aliphatic rings.